The van der Waals surface area contributed by atoms with E-state index in [1.165, 1.54) is 0 Å². The molecule has 0 aliphatic carbocycles. The van der Waals surface area contributed by atoms with Crippen LogP contribution in [0.3, 0.4) is 0 Å². The third-order valence-electron chi connectivity index (χ3n) is 3.51. The van der Waals surface area contributed by atoms with Gasteiger partial charge in [0.25, 0.3) is 0 Å². The number of aromatic carboxylic acids is 1. The summed E-state index contributed by atoms with van der Waals surface area (Å²) in [5.41, 5.74) is 2.23. The number of hydrogen-bond donors (Lipinski definition) is 1. The van der Waals surface area contributed by atoms with Crippen LogP contribution in [0.4, 0.5) is 5.69 Å². The SMILES string of the molecule is CCCS(=O)(=O)CCN1CCc2cc(C(=O)O)ccc21. The fraction of sp³-hybridized carbons (Fsp3) is 0.500. The molecule has 0 radical (unpaired) electrons. The zero-order valence-electron chi connectivity index (χ0n) is 11.5. The third-order valence-corrected chi connectivity index (χ3v) is 5.34. The molecule has 0 spiro atoms. The second kappa shape index (κ2) is 5.83. The van der Waals surface area contributed by atoms with Crippen molar-refractivity contribution in [1.82, 2.24) is 0 Å². The highest BCUT2D eigenvalue weighted by molar-refractivity contribution is 7.91. The summed E-state index contributed by atoms with van der Waals surface area (Å²) in [7, 11) is -2.98. The van der Waals surface area contributed by atoms with E-state index in [1.807, 2.05) is 11.8 Å². The smallest absolute Gasteiger partial charge is 0.335 e. The fourth-order valence-corrected chi connectivity index (χ4v) is 3.82. The predicted octanol–water partition coefficient (Wildman–Crippen LogP) is 1.57. The van der Waals surface area contributed by atoms with Crippen LogP contribution < -0.4 is 4.90 Å². The van der Waals surface area contributed by atoms with E-state index in [1.54, 1.807) is 18.2 Å². The van der Waals surface area contributed by atoms with E-state index in [2.05, 4.69) is 0 Å². The van der Waals surface area contributed by atoms with Crippen molar-refractivity contribution in [3.63, 3.8) is 0 Å². The van der Waals surface area contributed by atoms with Gasteiger partial charge in [0.2, 0.25) is 0 Å². The molecule has 1 aromatic carbocycles. The van der Waals surface area contributed by atoms with E-state index >= 15 is 0 Å². The highest BCUT2D eigenvalue weighted by Gasteiger charge is 2.22. The molecule has 110 valence electrons. The lowest BCUT2D eigenvalue weighted by Gasteiger charge is -2.19. The summed E-state index contributed by atoms with van der Waals surface area (Å²) < 4.78 is 23.5. The van der Waals surface area contributed by atoms with Crippen LogP contribution >= 0.6 is 0 Å². The Kier molecular flexibility index (Phi) is 4.32. The third kappa shape index (κ3) is 3.30. The first-order valence-electron chi connectivity index (χ1n) is 6.74. The van der Waals surface area contributed by atoms with Gasteiger partial charge in [-0.25, -0.2) is 13.2 Å². The number of anilines is 1. The highest BCUT2D eigenvalue weighted by Crippen LogP contribution is 2.28. The lowest BCUT2D eigenvalue weighted by Crippen LogP contribution is -2.28. The zero-order valence-corrected chi connectivity index (χ0v) is 12.3. The van der Waals surface area contributed by atoms with Crippen molar-refractivity contribution in [3.8, 4) is 0 Å². The van der Waals surface area contributed by atoms with Crippen molar-refractivity contribution in [3.05, 3.63) is 29.3 Å². The van der Waals surface area contributed by atoms with Crippen LogP contribution in [0.5, 0.6) is 0 Å². The van der Waals surface area contributed by atoms with Crippen LogP contribution in [0.25, 0.3) is 0 Å². The van der Waals surface area contributed by atoms with Crippen molar-refractivity contribution < 1.29 is 18.3 Å². The molecule has 0 saturated carbocycles. The minimum absolute atomic E-state index is 0.154. The minimum atomic E-state index is -2.98. The van der Waals surface area contributed by atoms with Gasteiger partial charge in [-0.3, -0.25) is 0 Å². The van der Waals surface area contributed by atoms with Gasteiger partial charge >= 0.3 is 5.97 Å². The molecule has 0 bridgehead atoms. The summed E-state index contributed by atoms with van der Waals surface area (Å²) in [6.45, 7) is 3.08. The van der Waals surface area contributed by atoms with Gasteiger partial charge in [-0.05, 0) is 36.6 Å². The van der Waals surface area contributed by atoms with Crippen LogP contribution in [-0.4, -0.2) is 44.1 Å². The number of sulfone groups is 1. The van der Waals surface area contributed by atoms with Gasteiger partial charge in [0.15, 0.2) is 9.84 Å². The Balaban J connectivity index is 2.07. The summed E-state index contributed by atoms with van der Waals surface area (Å²) in [4.78, 5) is 12.9. The van der Waals surface area contributed by atoms with Crippen molar-refractivity contribution in [1.29, 1.82) is 0 Å². The second-order valence-corrected chi connectivity index (χ2v) is 7.34. The van der Waals surface area contributed by atoms with E-state index in [0.717, 1.165) is 24.2 Å². The van der Waals surface area contributed by atoms with Gasteiger partial charge in [-0.1, -0.05) is 6.92 Å². The Morgan fingerprint density at radius 1 is 1.35 bits per heavy atom. The summed E-state index contributed by atoms with van der Waals surface area (Å²) >= 11 is 0. The topological polar surface area (TPSA) is 74.7 Å². The standard InChI is InChI=1S/C14H19NO4S/c1-2-8-20(18,19)9-7-15-6-5-11-10-12(14(16)17)3-4-13(11)15/h3-4,10H,2,5-9H2,1H3,(H,16,17). The van der Waals surface area contributed by atoms with Gasteiger partial charge in [0.05, 0.1) is 11.3 Å². The lowest BCUT2D eigenvalue weighted by atomic mass is 10.1. The lowest BCUT2D eigenvalue weighted by molar-refractivity contribution is 0.0697. The summed E-state index contributed by atoms with van der Waals surface area (Å²) in [5.74, 6) is -0.552. The average Bonchev–Trinajstić information content (AvgIpc) is 2.78. The van der Waals surface area contributed by atoms with E-state index in [-0.39, 0.29) is 17.1 Å². The highest BCUT2D eigenvalue weighted by atomic mass is 32.2. The second-order valence-electron chi connectivity index (χ2n) is 5.04. The van der Waals surface area contributed by atoms with Crippen molar-refractivity contribution in [2.45, 2.75) is 19.8 Å². The van der Waals surface area contributed by atoms with Crippen molar-refractivity contribution in [2.24, 2.45) is 0 Å². The summed E-state index contributed by atoms with van der Waals surface area (Å²) in [6.07, 6.45) is 1.41. The van der Waals surface area contributed by atoms with E-state index in [4.69, 9.17) is 5.11 Å². The molecule has 0 saturated heterocycles. The Bertz CT molecular complexity index is 610. The molecule has 1 aliphatic heterocycles. The first-order valence-corrected chi connectivity index (χ1v) is 8.56. The predicted molar refractivity (Wildman–Crippen MR) is 78.3 cm³/mol. The number of benzene rings is 1. The Morgan fingerprint density at radius 2 is 2.10 bits per heavy atom. The molecular weight excluding hydrogens is 278 g/mol. The van der Waals surface area contributed by atoms with E-state index in [0.29, 0.717) is 13.0 Å². The molecule has 0 fully saturated rings. The van der Waals surface area contributed by atoms with E-state index < -0.39 is 15.8 Å². The molecule has 0 atom stereocenters. The van der Waals surface area contributed by atoms with Gasteiger partial charge in [0, 0.05) is 24.5 Å². The molecule has 1 aliphatic rings. The maximum atomic E-state index is 11.7. The number of carbonyl (C=O) groups is 1. The monoisotopic (exact) mass is 297 g/mol. The minimum Gasteiger partial charge on any atom is -0.478 e. The molecule has 0 unspecified atom stereocenters. The van der Waals surface area contributed by atoms with Crippen LogP contribution in [0.1, 0.15) is 29.3 Å². The quantitative estimate of drug-likeness (QED) is 0.862. The number of hydrogen-bond acceptors (Lipinski definition) is 4. The Morgan fingerprint density at radius 3 is 2.75 bits per heavy atom. The van der Waals surface area contributed by atoms with Crippen molar-refractivity contribution >= 4 is 21.5 Å². The van der Waals surface area contributed by atoms with Crippen molar-refractivity contribution in [2.75, 3.05) is 29.5 Å². The maximum Gasteiger partial charge on any atom is 0.335 e. The first-order chi connectivity index (χ1) is 9.43. The molecule has 6 heteroatoms. The number of fused-ring (bicyclic) bond motifs is 1. The molecule has 0 amide bonds. The van der Waals surface area contributed by atoms with E-state index in [9.17, 15) is 13.2 Å². The average molecular weight is 297 g/mol. The molecule has 1 heterocycles. The normalized spacial score (nSPS) is 14.3. The molecule has 20 heavy (non-hydrogen) atoms. The fourth-order valence-electron chi connectivity index (χ4n) is 2.50. The maximum absolute atomic E-state index is 11.7. The molecule has 1 N–H and O–H groups in total. The molecule has 5 nitrogen and oxygen atoms in total. The largest absolute Gasteiger partial charge is 0.478 e. The molecule has 1 aromatic rings. The summed E-state index contributed by atoms with van der Waals surface area (Å²) in [6, 6.07) is 5.02. The molecular formula is C14H19NO4S. The molecule has 0 aromatic heterocycles. The van der Waals surface area contributed by atoms with Gasteiger partial charge in [-0.15, -0.1) is 0 Å². The summed E-state index contributed by atoms with van der Waals surface area (Å²) in [5, 5.41) is 8.96. The first kappa shape index (κ1) is 14.8. The number of nitrogens with zero attached hydrogens (tertiary/aromatic N) is 1. The van der Waals surface area contributed by atoms with Gasteiger partial charge in [-0.2, -0.15) is 0 Å². The van der Waals surface area contributed by atoms with Crippen LogP contribution in [0, 0.1) is 0 Å². The van der Waals surface area contributed by atoms with Gasteiger partial charge < -0.3 is 10.0 Å². The Labute approximate surface area is 119 Å². The van der Waals surface area contributed by atoms with Crippen LogP contribution in [-0.2, 0) is 16.3 Å². The number of carboxylic acid groups (broad SMARTS) is 1. The molecule has 2 rings (SSSR count). The van der Waals surface area contributed by atoms with Gasteiger partial charge in [0.1, 0.15) is 0 Å². The number of carboxylic acids is 1. The Hall–Kier alpha value is -1.56. The number of rotatable bonds is 6. The van der Waals surface area contributed by atoms with Crippen LogP contribution in [0.2, 0.25) is 0 Å². The zero-order chi connectivity index (χ0) is 14.8. The van der Waals surface area contributed by atoms with Crippen LogP contribution in [0.15, 0.2) is 18.2 Å².